The number of carbonyl (C=O) groups excluding carboxylic acids is 2. The molecule has 5 rings (SSSR count). The molecule has 12 heteroatoms. The molecule has 0 bridgehead atoms. The largest absolute Gasteiger partial charge is 0.493 e. The fourth-order valence-corrected chi connectivity index (χ4v) is 4.94. The molecule has 2 aliphatic rings. The molecular weight excluding hydrogens is 503 g/mol. The van der Waals surface area contributed by atoms with Crippen LogP contribution in [-0.2, 0) is 11.0 Å². The molecule has 3 aromatic rings. The highest BCUT2D eigenvalue weighted by Crippen LogP contribution is 2.40. The number of halogens is 3. The number of H-pyrrole nitrogens is 1. The molecule has 1 aliphatic carbocycles. The maximum atomic E-state index is 13.6. The Labute approximate surface area is 216 Å². The van der Waals surface area contributed by atoms with Gasteiger partial charge in [-0.3, -0.25) is 9.59 Å². The van der Waals surface area contributed by atoms with E-state index in [0.717, 1.165) is 25.0 Å². The number of nitrogens with one attached hydrogen (secondary N) is 2. The average Bonchev–Trinajstić information content (AvgIpc) is 3.54. The van der Waals surface area contributed by atoms with Crippen molar-refractivity contribution in [1.82, 2.24) is 25.2 Å². The standard InChI is InChI=1S/C26H28F3N5O4/c1-13-7-17(9-34(13)20(36)10-35)33-25(37)21-14(2)32-24-22(30-12-31-23(21)24)18-8-16(26(27,28)29)5-6-19(18)38-11-15-3-4-15/h5-6,8,12-13,15,17,32,35H,3-4,7,9-11H2,1-2H3,(H,33,37)/t13-,17+/m0/s1. The summed E-state index contributed by atoms with van der Waals surface area (Å²) in [6.45, 7) is 3.58. The third-order valence-electron chi connectivity index (χ3n) is 7.10. The number of benzene rings is 1. The van der Waals surface area contributed by atoms with Gasteiger partial charge in [0.2, 0.25) is 5.91 Å². The number of hydrogen-bond donors (Lipinski definition) is 3. The maximum absolute atomic E-state index is 13.6. The van der Waals surface area contributed by atoms with Crippen LogP contribution in [0.5, 0.6) is 5.75 Å². The summed E-state index contributed by atoms with van der Waals surface area (Å²) in [4.78, 5) is 38.4. The van der Waals surface area contributed by atoms with E-state index in [9.17, 15) is 27.9 Å². The van der Waals surface area contributed by atoms with Crippen molar-refractivity contribution in [3.05, 3.63) is 41.3 Å². The highest BCUT2D eigenvalue weighted by Gasteiger charge is 2.35. The lowest BCUT2D eigenvalue weighted by atomic mass is 10.0. The van der Waals surface area contributed by atoms with Crippen LogP contribution in [-0.4, -0.2) is 68.6 Å². The number of carbonyl (C=O) groups is 2. The van der Waals surface area contributed by atoms with Gasteiger partial charge in [0.05, 0.1) is 23.3 Å². The number of aliphatic hydroxyl groups excluding tert-OH is 1. The zero-order valence-electron chi connectivity index (χ0n) is 20.9. The molecule has 9 nitrogen and oxygen atoms in total. The molecule has 0 radical (unpaired) electrons. The number of likely N-dealkylation sites (tertiary alicyclic amines) is 1. The molecule has 3 N–H and O–H groups in total. The lowest BCUT2D eigenvalue weighted by Crippen LogP contribution is -2.40. The van der Waals surface area contributed by atoms with E-state index in [4.69, 9.17) is 4.74 Å². The van der Waals surface area contributed by atoms with Crippen LogP contribution in [0, 0.1) is 12.8 Å². The number of aromatic amines is 1. The van der Waals surface area contributed by atoms with Gasteiger partial charge in [0, 0.05) is 29.9 Å². The van der Waals surface area contributed by atoms with Gasteiger partial charge >= 0.3 is 6.18 Å². The normalized spacial score (nSPS) is 19.7. The lowest BCUT2D eigenvalue weighted by molar-refractivity contribution is -0.137. The molecule has 1 aliphatic heterocycles. The smallest absolute Gasteiger partial charge is 0.416 e. The average molecular weight is 532 g/mol. The number of aliphatic hydroxyl groups is 1. The number of rotatable bonds is 7. The number of alkyl halides is 3. The van der Waals surface area contributed by atoms with Gasteiger partial charge in [0.25, 0.3) is 5.91 Å². The minimum Gasteiger partial charge on any atom is -0.493 e. The van der Waals surface area contributed by atoms with Crippen molar-refractivity contribution in [3.8, 4) is 17.0 Å². The summed E-state index contributed by atoms with van der Waals surface area (Å²) in [6, 6.07) is 2.82. The molecule has 38 heavy (non-hydrogen) atoms. The van der Waals surface area contributed by atoms with Crippen molar-refractivity contribution in [3.63, 3.8) is 0 Å². The highest BCUT2D eigenvalue weighted by molar-refractivity contribution is 6.09. The number of hydrogen-bond acceptors (Lipinski definition) is 6. The van der Waals surface area contributed by atoms with E-state index < -0.39 is 30.2 Å². The fourth-order valence-electron chi connectivity index (χ4n) is 4.94. The minimum atomic E-state index is -4.56. The molecule has 202 valence electrons. The number of fused-ring (bicyclic) bond motifs is 1. The second-order valence-corrected chi connectivity index (χ2v) is 9.99. The first-order valence-corrected chi connectivity index (χ1v) is 12.5. The molecule has 1 saturated carbocycles. The molecule has 1 saturated heterocycles. The van der Waals surface area contributed by atoms with Crippen molar-refractivity contribution < 1.29 is 32.6 Å². The maximum Gasteiger partial charge on any atom is 0.416 e. The molecule has 2 atom stereocenters. The Hall–Kier alpha value is -3.67. The van der Waals surface area contributed by atoms with Gasteiger partial charge < -0.3 is 25.0 Å². The van der Waals surface area contributed by atoms with Crippen LogP contribution >= 0.6 is 0 Å². The number of aryl methyl sites for hydroxylation is 1. The number of aromatic nitrogens is 3. The van der Waals surface area contributed by atoms with Crippen LogP contribution in [0.3, 0.4) is 0 Å². The summed E-state index contributed by atoms with van der Waals surface area (Å²) in [5.41, 5.74) is 0.827. The molecule has 2 aromatic heterocycles. The van der Waals surface area contributed by atoms with Crippen molar-refractivity contribution in [1.29, 1.82) is 0 Å². The zero-order chi connectivity index (χ0) is 27.2. The molecule has 3 heterocycles. The SMILES string of the molecule is Cc1[nH]c2c(-c3cc(C(F)(F)F)ccc3OCC3CC3)ncnc2c1C(=O)N[C@@H]1C[C@H](C)N(C(=O)CO)C1. The quantitative estimate of drug-likeness (QED) is 0.430. The van der Waals surface area contributed by atoms with E-state index >= 15 is 0 Å². The first-order chi connectivity index (χ1) is 18.1. The van der Waals surface area contributed by atoms with Gasteiger partial charge in [-0.2, -0.15) is 13.2 Å². The van der Waals surface area contributed by atoms with E-state index in [0.29, 0.717) is 30.2 Å². The summed E-state index contributed by atoms with van der Waals surface area (Å²) in [7, 11) is 0. The second-order valence-electron chi connectivity index (χ2n) is 9.99. The Balaban J connectivity index is 1.49. The summed E-state index contributed by atoms with van der Waals surface area (Å²) in [5.74, 6) is -0.170. The van der Waals surface area contributed by atoms with Gasteiger partial charge in [-0.05, 0) is 57.2 Å². The lowest BCUT2D eigenvalue weighted by Gasteiger charge is -2.19. The van der Waals surface area contributed by atoms with Crippen molar-refractivity contribution in [2.45, 2.75) is 51.4 Å². The molecule has 0 spiro atoms. The van der Waals surface area contributed by atoms with Crippen LogP contribution in [0.25, 0.3) is 22.3 Å². The zero-order valence-corrected chi connectivity index (χ0v) is 20.9. The Morgan fingerprint density at radius 3 is 2.71 bits per heavy atom. The summed E-state index contributed by atoms with van der Waals surface area (Å²) < 4.78 is 46.6. The first-order valence-electron chi connectivity index (χ1n) is 12.5. The van der Waals surface area contributed by atoms with Crippen LogP contribution in [0.15, 0.2) is 24.5 Å². The Kier molecular flexibility index (Phi) is 6.76. The van der Waals surface area contributed by atoms with Gasteiger partial charge in [0.1, 0.15) is 29.9 Å². The summed E-state index contributed by atoms with van der Waals surface area (Å²) >= 11 is 0. The number of amides is 2. The van der Waals surface area contributed by atoms with Gasteiger partial charge in [-0.25, -0.2) is 9.97 Å². The van der Waals surface area contributed by atoms with Crippen LogP contribution in [0.1, 0.15) is 47.8 Å². The minimum absolute atomic E-state index is 0.145. The Morgan fingerprint density at radius 2 is 2.03 bits per heavy atom. The van der Waals surface area contributed by atoms with Gasteiger partial charge in [-0.1, -0.05) is 0 Å². The van der Waals surface area contributed by atoms with Crippen LogP contribution < -0.4 is 10.1 Å². The summed E-state index contributed by atoms with van der Waals surface area (Å²) in [6.07, 6.45) is -0.783. The van der Waals surface area contributed by atoms with E-state index in [1.165, 1.54) is 17.3 Å². The predicted octanol–water partition coefficient (Wildman–Crippen LogP) is 3.45. The predicted molar refractivity (Wildman–Crippen MR) is 131 cm³/mol. The van der Waals surface area contributed by atoms with Gasteiger partial charge in [0.15, 0.2) is 0 Å². The number of nitrogens with zero attached hydrogens (tertiary/aromatic N) is 3. The van der Waals surface area contributed by atoms with E-state index in [2.05, 4.69) is 20.3 Å². The third kappa shape index (κ3) is 5.04. The third-order valence-corrected chi connectivity index (χ3v) is 7.10. The van der Waals surface area contributed by atoms with E-state index in [-0.39, 0.29) is 46.7 Å². The van der Waals surface area contributed by atoms with Crippen molar-refractivity contribution >= 4 is 22.8 Å². The van der Waals surface area contributed by atoms with Crippen LogP contribution in [0.2, 0.25) is 0 Å². The topological polar surface area (TPSA) is 120 Å². The number of ether oxygens (including phenoxy) is 1. The fraction of sp³-hybridized carbons (Fsp3) is 0.462. The summed E-state index contributed by atoms with van der Waals surface area (Å²) in [5, 5.41) is 12.1. The highest BCUT2D eigenvalue weighted by atomic mass is 19.4. The second kappa shape index (κ2) is 9.90. The Morgan fingerprint density at radius 1 is 1.26 bits per heavy atom. The molecule has 2 amide bonds. The molecular formula is C26H28F3N5O4. The van der Waals surface area contributed by atoms with Crippen LogP contribution in [0.4, 0.5) is 13.2 Å². The molecule has 1 aromatic carbocycles. The first kappa shape index (κ1) is 26.0. The van der Waals surface area contributed by atoms with Crippen molar-refractivity contribution in [2.75, 3.05) is 19.8 Å². The molecule has 0 unspecified atom stereocenters. The monoisotopic (exact) mass is 531 g/mol. The Bertz CT molecular complexity index is 1390. The van der Waals surface area contributed by atoms with Crippen molar-refractivity contribution in [2.24, 2.45) is 5.92 Å². The van der Waals surface area contributed by atoms with Gasteiger partial charge in [-0.15, -0.1) is 0 Å². The molecule has 2 fully saturated rings. The van der Waals surface area contributed by atoms with E-state index in [1.807, 2.05) is 6.92 Å². The van der Waals surface area contributed by atoms with E-state index in [1.54, 1.807) is 6.92 Å².